The Kier molecular flexibility index (Phi) is 6.29. The van der Waals surface area contributed by atoms with E-state index >= 15 is 0 Å². The lowest BCUT2D eigenvalue weighted by Crippen LogP contribution is -2.20. The van der Waals surface area contributed by atoms with Crippen molar-refractivity contribution in [2.24, 2.45) is 0 Å². The second kappa shape index (κ2) is 7.50. The second-order valence-corrected chi connectivity index (χ2v) is 4.51. The van der Waals surface area contributed by atoms with Gasteiger partial charge in [-0.05, 0) is 31.0 Å². The standard InChI is InChI=1S/C14H19F3O3/c1-10(20-9-3-8-14(15,16)17)13(18)11-4-6-12(19-2)7-5-11/h4-7,10,13,18H,3,8-9H2,1-2H3. The number of benzene rings is 1. The van der Waals surface area contributed by atoms with Gasteiger partial charge in [0, 0.05) is 13.0 Å². The highest BCUT2D eigenvalue weighted by atomic mass is 19.4. The quantitative estimate of drug-likeness (QED) is 0.782. The SMILES string of the molecule is COc1ccc(C(O)C(C)OCCCC(F)(F)F)cc1. The molecule has 0 heterocycles. The van der Waals surface area contributed by atoms with Gasteiger partial charge in [-0.3, -0.25) is 0 Å². The number of rotatable bonds is 7. The van der Waals surface area contributed by atoms with Gasteiger partial charge in [-0.1, -0.05) is 12.1 Å². The van der Waals surface area contributed by atoms with Crippen LogP contribution in [0.1, 0.15) is 31.4 Å². The van der Waals surface area contributed by atoms with Crippen LogP contribution in [0, 0.1) is 0 Å². The first-order valence-electron chi connectivity index (χ1n) is 6.34. The van der Waals surface area contributed by atoms with E-state index < -0.39 is 24.8 Å². The van der Waals surface area contributed by atoms with Crippen molar-refractivity contribution in [3.8, 4) is 5.75 Å². The van der Waals surface area contributed by atoms with Crippen LogP contribution >= 0.6 is 0 Å². The maximum Gasteiger partial charge on any atom is 0.389 e. The molecule has 0 aliphatic rings. The van der Waals surface area contributed by atoms with Crippen molar-refractivity contribution in [3.05, 3.63) is 29.8 Å². The minimum absolute atomic E-state index is 0.0338. The fourth-order valence-corrected chi connectivity index (χ4v) is 1.71. The molecule has 0 amide bonds. The Morgan fingerprint density at radius 2 is 1.80 bits per heavy atom. The van der Waals surface area contributed by atoms with Crippen molar-refractivity contribution in [1.29, 1.82) is 0 Å². The van der Waals surface area contributed by atoms with Crippen LogP contribution in [0.15, 0.2) is 24.3 Å². The third-order valence-corrected chi connectivity index (χ3v) is 2.89. The van der Waals surface area contributed by atoms with E-state index in [1.165, 1.54) is 7.11 Å². The van der Waals surface area contributed by atoms with Gasteiger partial charge in [0.1, 0.15) is 11.9 Å². The number of aliphatic hydroxyl groups is 1. The molecule has 2 unspecified atom stereocenters. The van der Waals surface area contributed by atoms with Gasteiger partial charge in [0.2, 0.25) is 0 Å². The molecule has 1 N–H and O–H groups in total. The summed E-state index contributed by atoms with van der Waals surface area (Å²) >= 11 is 0. The fourth-order valence-electron chi connectivity index (χ4n) is 1.71. The number of methoxy groups -OCH3 is 1. The summed E-state index contributed by atoms with van der Waals surface area (Å²) in [7, 11) is 1.54. The van der Waals surface area contributed by atoms with E-state index in [4.69, 9.17) is 9.47 Å². The zero-order valence-electron chi connectivity index (χ0n) is 11.5. The molecule has 0 fully saturated rings. The van der Waals surface area contributed by atoms with Gasteiger partial charge >= 0.3 is 6.18 Å². The molecule has 2 atom stereocenters. The van der Waals surface area contributed by atoms with E-state index in [1.54, 1.807) is 31.2 Å². The van der Waals surface area contributed by atoms with Gasteiger partial charge in [0.25, 0.3) is 0 Å². The summed E-state index contributed by atoms with van der Waals surface area (Å²) in [6.07, 6.45) is -6.61. The summed E-state index contributed by atoms with van der Waals surface area (Å²) in [6.45, 7) is 1.59. The molecule has 20 heavy (non-hydrogen) atoms. The largest absolute Gasteiger partial charge is 0.497 e. The molecule has 1 rings (SSSR count). The zero-order valence-corrected chi connectivity index (χ0v) is 11.5. The van der Waals surface area contributed by atoms with E-state index in [0.29, 0.717) is 11.3 Å². The smallest absolute Gasteiger partial charge is 0.389 e. The minimum Gasteiger partial charge on any atom is -0.497 e. The normalized spacial score (nSPS) is 14.9. The molecule has 6 heteroatoms. The molecular weight excluding hydrogens is 273 g/mol. The van der Waals surface area contributed by atoms with E-state index in [-0.39, 0.29) is 13.0 Å². The van der Waals surface area contributed by atoms with Gasteiger partial charge in [0.15, 0.2) is 0 Å². The maximum atomic E-state index is 12.0. The van der Waals surface area contributed by atoms with Gasteiger partial charge in [0.05, 0.1) is 13.2 Å². The predicted molar refractivity (Wildman–Crippen MR) is 68.7 cm³/mol. The lowest BCUT2D eigenvalue weighted by atomic mass is 10.1. The zero-order chi connectivity index (χ0) is 15.2. The molecule has 0 spiro atoms. The van der Waals surface area contributed by atoms with E-state index in [1.807, 2.05) is 0 Å². The third-order valence-electron chi connectivity index (χ3n) is 2.89. The highest BCUT2D eigenvalue weighted by Crippen LogP contribution is 2.24. The molecule has 0 aliphatic carbocycles. The Morgan fingerprint density at radius 1 is 1.20 bits per heavy atom. The number of hydrogen-bond acceptors (Lipinski definition) is 3. The number of alkyl halides is 3. The van der Waals surface area contributed by atoms with Crippen LogP contribution in [0.4, 0.5) is 13.2 Å². The molecule has 0 radical (unpaired) electrons. The Bertz CT molecular complexity index is 390. The van der Waals surface area contributed by atoms with Crippen LogP contribution in [-0.2, 0) is 4.74 Å². The topological polar surface area (TPSA) is 38.7 Å². The number of ether oxygens (including phenoxy) is 2. The number of aliphatic hydroxyl groups excluding tert-OH is 1. The highest BCUT2D eigenvalue weighted by Gasteiger charge is 2.26. The first-order chi connectivity index (χ1) is 9.33. The maximum absolute atomic E-state index is 12.0. The van der Waals surface area contributed by atoms with Gasteiger partial charge in [-0.25, -0.2) is 0 Å². The molecule has 0 aliphatic heterocycles. The third kappa shape index (κ3) is 5.79. The first kappa shape index (κ1) is 16.8. The fraction of sp³-hybridized carbons (Fsp3) is 0.571. The van der Waals surface area contributed by atoms with E-state index in [9.17, 15) is 18.3 Å². The van der Waals surface area contributed by atoms with Crippen LogP contribution in [0.25, 0.3) is 0 Å². The second-order valence-electron chi connectivity index (χ2n) is 4.51. The lowest BCUT2D eigenvalue weighted by molar-refractivity contribution is -0.140. The molecule has 0 bridgehead atoms. The number of hydrogen-bond donors (Lipinski definition) is 1. The highest BCUT2D eigenvalue weighted by molar-refractivity contribution is 5.28. The van der Waals surface area contributed by atoms with Crippen LogP contribution < -0.4 is 4.74 Å². The van der Waals surface area contributed by atoms with Gasteiger partial charge in [-0.2, -0.15) is 13.2 Å². The van der Waals surface area contributed by atoms with Gasteiger partial charge in [-0.15, -0.1) is 0 Å². The Hall–Kier alpha value is -1.27. The van der Waals surface area contributed by atoms with Crippen LogP contribution in [0.3, 0.4) is 0 Å². The summed E-state index contributed by atoms with van der Waals surface area (Å²) < 4.78 is 46.1. The molecule has 0 aromatic heterocycles. The Morgan fingerprint density at radius 3 is 2.30 bits per heavy atom. The van der Waals surface area contributed by atoms with Crippen LogP contribution in [0.2, 0.25) is 0 Å². The summed E-state index contributed by atoms with van der Waals surface area (Å²) in [5.74, 6) is 0.666. The molecule has 0 saturated carbocycles. The Labute approximate surface area is 116 Å². The molecule has 1 aromatic rings. The summed E-state index contributed by atoms with van der Waals surface area (Å²) in [6, 6.07) is 6.79. The summed E-state index contributed by atoms with van der Waals surface area (Å²) in [4.78, 5) is 0. The molecular formula is C14H19F3O3. The molecule has 0 saturated heterocycles. The minimum atomic E-state index is -4.17. The summed E-state index contributed by atoms with van der Waals surface area (Å²) in [5.41, 5.74) is 0.633. The predicted octanol–water partition coefficient (Wildman–Crippen LogP) is 3.48. The first-order valence-corrected chi connectivity index (χ1v) is 6.34. The van der Waals surface area contributed by atoms with Crippen molar-refractivity contribution in [3.63, 3.8) is 0 Å². The molecule has 1 aromatic carbocycles. The van der Waals surface area contributed by atoms with Crippen molar-refractivity contribution in [2.45, 2.75) is 38.1 Å². The van der Waals surface area contributed by atoms with Crippen molar-refractivity contribution in [1.82, 2.24) is 0 Å². The molecule has 3 nitrogen and oxygen atoms in total. The van der Waals surface area contributed by atoms with Crippen LogP contribution in [0.5, 0.6) is 5.75 Å². The van der Waals surface area contributed by atoms with Gasteiger partial charge < -0.3 is 14.6 Å². The lowest BCUT2D eigenvalue weighted by Gasteiger charge is -2.20. The van der Waals surface area contributed by atoms with Crippen molar-refractivity contribution >= 4 is 0 Å². The van der Waals surface area contributed by atoms with Crippen molar-refractivity contribution in [2.75, 3.05) is 13.7 Å². The van der Waals surface area contributed by atoms with E-state index in [2.05, 4.69) is 0 Å². The average Bonchev–Trinajstić information content (AvgIpc) is 2.41. The van der Waals surface area contributed by atoms with Crippen molar-refractivity contribution < 1.29 is 27.8 Å². The van der Waals surface area contributed by atoms with E-state index in [0.717, 1.165) is 0 Å². The Balaban J connectivity index is 2.39. The molecule has 114 valence electrons. The monoisotopic (exact) mass is 292 g/mol. The average molecular weight is 292 g/mol. The summed E-state index contributed by atoms with van der Waals surface area (Å²) in [5, 5.41) is 10.0. The number of halogens is 3. The van der Waals surface area contributed by atoms with Crippen LogP contribution in [-0.4, -0.2) is 31.1 Å².